The van der Waals surface area contributed by atoms with E-state index in [0.29, 0.717) is 12.1 Å². The van der Waals surface area contributed by atoms with Crippen molar-refractivity contribution in [3.8, 4) is 5.75 Å². The van der Waals surface area contributed by atoms with Crippen LogP contribution in [0.5, 0.6) is 5.75 Å². The fraction of sp³-hybridized carbons (Fsp3) is 0.250. The van der Waals surface area contributed by atoms with E-state index >= 15 is 0 Å². The summed E-state index contributed by atoms with van der Waals surface area (Å²) in [6.45, 7) is 0.674. The van der Waals surface area contributed by atoms with Gasteiger partial charge in [0.2, 0.25) is 0 Å². The molecule has 4 heteroatoms. The van der Waals surface area contributed by atoms with Crippen molar-refractivity contribution in [2.75, 3.05) is 6.61 Å². The van der Waals surface area contributed by atoms with E-state index in [1.54, 1.807) is 24.3 Å². The third kappa shape index (κ3) is 4.72. The van der Waals surface area contributed by atoms with Gasteiger partial charge < -0.3 is 14.8 Å². The zero-order chi connectivity index (χ0) is 14.2. The van der Waals surface area contributed by atoms with E-state index in [-0.39, 0.29) is 0 Å². The fourth-order valence-corrected chi connectivity index (χ4v) is 2.00. The lowest BCUT2D eigenvalue weighted by molar-refractivity contribution is 0.307. The Morgan fingerprint density at radius 3 is 2.20 bits per heavy atom. The van der Waals surface area contributed by atoms with Crippen molar-refractivity contribution in [3.63, 3.8) is 0 Å². The van der Waals surface area contributed by atoms with Crippen LogP contribution < -0.4 is 10.2 Å². The second kappa shape index (κ2) is 7.73. The maximum atomic E-state index is 8.98. The molecule has 20 heavy (non-hydrogen) atoms. The number of unbranched alkanes of at least 4 members (excludes halogenated alkanes) is 1. The molecule has 2 rings (SSSR count). The average Bonchev–Trinajstić information content (AvgIpc) is 2.48. The van der Waals surface area contributed by atoms with Crippen LogP contribution >= 0.6 is 0 Å². The normalized spacial score (nSPS) is 10.3. The molecule has 0 aliphatic heterocycles. The molecule has 0 atom stereocenters. The summed E-state index contributed by atoms with van der Waals surface area (Å²) in [5, 5.41) is 18.0. The standard InChI is InChI=1S/C16H19BO3/c18-17(19)15-9-11-16(12-10-15)20-13-5-4-8-14-6-2-1-3-7-14/h1-3,6-7,9-12,18-19H,4-5,8,13H2. The van der Waals surface area contributed by atoms with E-state index in [1.807, 2.05) is 6.07 Å². The predicted molar refractivity (Wildman–Crippen MR) is 81.1 cm³/mol. The van der Waals surface area contributed by atoms with Gasteiger partial charge in [-0.15, -0.1) is 0 Å². The Morgan fingerprint density at radius 2 is 1.55 bits per heavy atom. The van der Waals surface area contributed by atoms with Crippen LogP contribution in [-0.2, 0) is 6.42 Å². The van der Waals surface area contributed by atoms with E-state index in [9.17, 15) is 0 Å². The summed E-state index contributed by atoms with van der Waals surface area (Å²) in [7, 11) is -1.42. The molecule has 0 spiro atoms. The molecule has 2 N–H and O–H groups in total. The molecule has 3 nitrogen and oxygen atoms in total. The quantitative estimate of drug-likeness (QED) is 0.595. The van der Waals surface area contributed by atoms with Crippen molar-refractivity contribution < 1.29 is 14.8 Å². The van der Waals surface area contributed by atoms with Crippen molar-refractivity contribution in [3.05, 3.63) is 60.2 Å². The molecule has 0 radical (unpaired) electrons. The number of hydrogen-bond donors (Lipinski definition) is 2. The Morgan fingerprint density at radius 1 is 0.850 bits per heavy atom. The molecular weight excluding hydrogens is 251 g/mol. The molecule has 0 aromatic heterocycles. The van der Waals surface area contributed by atoms with Crippen molar-refractivity contribution in [2.24, 2.45) is 0 Å². The molecule has 0 aliphatic rings. The highest BCUT2D eigenvalue weighted by Crippen LogP contribution is 2.09. The molecular formula is C16H19BO3. The van der Waals surface area contributed by atoms with Gasteiger partial charge in [0.25, 0.3) is 0 Å². The highest BCUT2D eigenvalue weighted by atomic mass is 16.5. The van der Waals surface area contributed by atoms with Crippen LogP contribution in [-0.4, -0.2) is 23.8 Å². The van der Waals surface area contributed by atoms with Crippen molar-refractivity contribution in [1.29, 1.82) is 0 Å². The minimum Gasteiger partial charge on any atom is -0.494 e. The van der Waals surface area contributed by atoms with Gasteiger partial charge in [0.1, 0.15) is 5.75 Å². The molecule has 0 bridgehead atoms. The maximum Gasteiger partial charge on any atom is 0.488 e. The van der Waals surface area contributed by atoms with Gasteiger partial charge in [-0.2, -0.15) is 0 Å². The molecule has 0 aliphatic carbocycles. The number of hydrogen-bond acceptors (Lipinski definition) is 3. The Kier molecular flexibility index (Phi) is 5.65. The number of ether oxygens (including phenoxy) is 1. The van der Waals surface area contributed by atoms with E-state index in [0.717, 1.165) is 25.0 Å². The third-order valence-corrected chi connectivity index (χ3v) is 3.15. The zero-order valence-electron chi connectivity index (χ0n) is 11.4. The smallest absolute Gasteiger partial charge is 0.488 e. The average molecular weight is 270 g/mol. The highest BCUT2D eigenvalue weighted by Gasteiger charge is 2.09. The third-order valence-electron chi connectivity index (χ3n) is 3.15. The number of benzene rings is 2. The summed E-state index contributed by atoms with van der Waals surface area (Å²) in [6.07, 6.45) is 3.16. The number of aryl methyl sites for hydroxylation is 1. The first-order valence-electron chi connectivity index (χ1n) is 6.88. The zero-order valence-corrected chi connectivity index (χ0v) is 11.4. The van der Waals surface area contributed by atoms with Gasteiger partial charge >= 0.3 is 7.12 Å². The van der Waals surface area contributed by atoms with E-state index in [1.165, 1.54) is 5.56 Å². The molecule has 0 amide bonds. The van der Waals surface area contributed by atoms with Gasteiger partial charge in [0, 0.05) is 0 Å². The van der Waals surface area contributed by atoms with Gasteiger partial charge in [0.05, 0.1) is 6.61 Å². The molecule has 104 valence electrons. The SMILES string of the molecule is OB(O)c1ccc(OCCCCc2ccccc2)cc1. The topological polar surface area (TPSA) is 49.7 Å². The maximum absolute atomic E-state index is 8.98. The summed E-state index contributed by atoms with van der Waals surface area (Å²) < 4.78 is 5.62. The molecule has 0 unspecified atom stereocenters. The van der Waals surface area contributed by atoms with E-state index in [2.05, 4.69) is 24.3 Å². The fourth-order valence-electron chi connectivity index (χ4n) is 2.00. The van der Waals surface area contributed by atoms with Crippen LogP contribution in [0.2, 0.25) is 0 Å². The monoisotopic (exact) mass is 270 g/mol. The first-order chi connectivity index (χ1) is 9.75. The van der Waals surface area contributed by atoms with Gasteiger partial charge in [-0.3, -0.25) is 0 Å². The van der Waals surface area contributed by atoms with Gasteiger partial charge in [-0.25, -0.2) is 0 Å². The Labute approximate surface area is 120 Å². The highest BCUT2D eigenvalue weighted by molar-refractivity contribution is 6.58. The van der Waals surface area contributed by atoms with Crippen LogP contribution in [0.25, 0.3) is 0 Å². The predicted octanol–water partition coefficient (Wildman–Crippen LogP) is 1.77. The summed E-state index contributed by atoms with van der Waals surface area (Å²) in [6, 6.07) is 17.2. The van der Waals surface area contributed by atoms with E-state index < -0.39 is 7.12 Å². The first kappa shape index (κ1) is 14.6. The van der Waals surface area contributed by atoms with E-state index in [4.69, 9.17) is 14.8 Å². The molecule has 2 aromatic rings. The van der Waals surface area contributed by atoms with Crippen LogP contribution in [0, 0.1) is 0 Å². The lowest BCUT2D eigenvalue weighted by Crippen LogP contribution is -2.29. The molecule has 0 fully saturated rings. The van der Waals surface area contributed by atoms with Crippen molar-refractivity contribution in [1.82, 2.24) is 0 Å². The molecule has 2 aromatic carbocycles. The second-order valence-electron chi connectivity index (χ2n) is 4.73. The minimum atomic E-state index is -1.42. The lowest BCUT2D eigenvalue weighted by Gasteiger charge is -2.07. The van der Waals surface area contributed by atoms with Crippen molar-refractivity contribution >= 4 is 12.6 Å². The van der Waals surface area contributed by atoms with Gasteiger partial charge in [0.15, 0.2) is 0 Å². The van der Waals surface area contributed by atoms with Crippen LogP contribution in [0.3, 0.4) is 0 Å². The van der Waals surface area contributed by atoms with Crippen LogP contribution in [0.15, 0.2) is 54.6 Å². The summed E-state index contributed by atoms with van der Waals surface area (Å²) >= 11 is 0. The Hall–Kier alpha value is -1.78. The number of rotatable bonds is 7. The summed E-state index contributed by atoms with van der Waals surface area (Å²) in [5.41, 5.74) is 1.83. The lowest BCUT2D eigenvalue weighted by atomic mass is 9.80. The Bertz CT molecular complexity index is 497. The molecule has 0 heterocycles. The van der Waals surface area contributed by atoms with Crippen molar-refractivity contribution in [2.45, 2.75) is 19.3 Å². The minimum absolute atomic E-state index is 0.474. The summed E-state index contributed by atoms with van der Waals surface area (Å²) in [4.78, 5) is 0. The van der Waals surface area contributed by atoms with Gasteiger partial charge in [-0.1, -0.05) is 42.5 Å². The Balaban J connectivity index is 1.66. The van der Waals surface area contributed by atoms with Gasteiger partial charge in [-0.05, 0) is 42.4 Å². The summed E-state index contributed by atoms with van der Waals surface area (Å²) in [5.74, 6) is 0.758. The largest absolute Gasteiger partial charge is 0.494 e. The first-order valence-corrected chi connectivity index (χ1v) is 6.88. The van der Waals surface area contributed by atoms with Crippen LogP contribution in [0.4, 0.5) is 0 Å². The van der Waals surface area contributed by atoms with Crippen LogP contribution in [0.1, 0.15) is 18.4 Å². The molecule has 0 saturated heterocycles. The molecule has 0 saturated carbocycles. The second-order valence-corrected chi connectivity index (χ2v) is 4.73.